The van der Waals surface area contributed by atoms with Crippen LogP contribution in [0.25, 0.3) is 0 Å². The fourth-order valence-electron chi connectivity index (χ4n) is 4.43. The maximum Gasteiger partial charge on any atom is 0.474 e. The van der Waals surface area contributed by atoms with Crippen LogP contribution in [0, 0.1) is 0 Å². The zero-order chi connectivity index (χ0) is 37.2. The summed E-state index contributed by atoms with van der Waals surface area (Å²) in [6.07, 6.45) is 0.107. The molecule has 50 heavy (non-hydrogen) atoms. The molecule has 1 amide bonds. The van der Waals surface area contributed by atoms with Crippen LogP contribution in [0.15, 0.2) is 82.6 Å². The van der Waals surface area contributed by atoms with E-state index in [0.717, 1.165) is 26.7 Å². The van der Waals surface area contributed by atoms with Crippen molar-refractivity contribution in [3.8, 4) is 5.75 Å². The van der Waals surface area contributed by atoms with E-state index in [2.05, 4.69) is 39.2 Å². The van der Waals surface area contributed by atoms with E-state index in [9.17, 15) is 9.36 Å². The highest BCUT2D eigenvalue weighted by atomic mass is 35.5. The Morgan fingerprint density at radius 2 is 1.54 bits per heavy atom. The predicted octanol–water partition coefficient (Wildman–Crippen LogP) is 10.7. The molecule has 13 heteroatoms. The van der Waals surface area contributed by atoms with Gasteiger partial charge in [0, 0.05) is 29.0 Å². The lowest BCUT2D eigenvalue weighted by molar-refractivity contribution is 0.0262. The van der Waals surface area contributed by atoms with Gasteiger partial charge in [0.2, 0.25) is 0 Å². The van der Waals surface area contributed by atoms with Crippen molar-refractivity contribution < 1.29 is 36.8 Å². The molecule has 0 heterocycles. The van der Waals surface area contributed by atoms with Crippen LogP contribution in [0.1, 0.15) is 59.1 Å². The monoisotopic (exact) mass is 765 g/mol. The number of rotatable bonds is 17. The van der Waals surface area contributed by atoms with E-state index in [4.69, 9.17) is 39.1 Å². The van der Waals surface area contributed by atoms with Crippen LogP contribution in [-0.4, -0.2) is 53.0 Å². The zero-order valence-electron chi connectivity index (χ0n) is 31.0. The van der Waals surface area contributed by atoms with E-state index < -0.39 is 33.4 Å². The van der Waals surface area contributed by atoms with E-state index in [1.165, 1.54) is 14.2 Å². The molecule has 3 aromatic rings. The summed E-state index contributed by atoms with van der Waals surface area (Å²) >= 11 is 8.46. The highest BCUT2D eigenvalue weighted by molar-refractivity contribution is 7.99. The number of hydrogen-bond acceptors (Lipinski definition) is 9. The highest BCUT2D eigenvalue weighted by Gasteiger charge is 2.43. The van der Waals surface area contributed by atoms with Crippen molar-refractivity contribution in [2.45, 2.75) is 100 Å². The molecule has 3 rings (SSSR count). The Kier molecular flexibility index (Phi) is 15.1. The summed E-state index contributed by atoms with van der Waals surface area (Å²) < 4.78 is 47.2. The van der Waals surface area contributed by atoms with Gasteiger partial charge in [0.1, 0.15) is 18.0 Å². The molecule has 0 bridgehead atoms. The molecule has 9 nitrogen and oxygen atoms in total. The number of benzene rings is 3. The fourth-order valence-corrected chi connectivity index (χ4v) is 7.51. The Hall–Kier alpha value is -2.34. The standard InChI is InChI=1S/C37H53ClNO8PSSi/c1-35(2,3)47-34(40)39-37(26-45-48(41,42-7)43-8,27-46-50(9,10)36(4,5)6)22-21-29-19-20-32(24-33(29)38)49-31-18-14-17-30(23-31)44-25-28-15-12-11-13-16-28/h11-20,23-24H,21-22,25-27H2,1-10H3,(H,39,40). The van der Waals surface area contributed by atoms with Crippen molar-refractivity contribution in [3.63, 3.8) is 0 Å². The Morgan fingerprint density at radius 1 is 0.880 bits per heavy atom. The van der Waals surface area contributed by atoms with Gasteiger partial charge in [-0.25, -0.2) is 9.36 Å². The zero-order valence-corrected chi connectivity index (χ0v) is 34.4. The highest BCUT2D eigenvalue weighted by Crippen LogP contribution is 2.48. The van der Waals surface area contributed by atoms with Gasteiger partial charge in [0.05, 0.1) is 18.8 Å². The molecule has 0 saturated heterocycles. The van der Waals surface area contributed by atoms with E-state index >= 15 is 0 Å². The minimum Gasteiger partial charge on any atom is -0.489 e. The molecule has 0 aliphatic rings. The van der Waals surface area contributed by atoms with Crippen molar-refractivity contribution in [3.05, 3.63) is 88.9 Å². The number of alkyl carbamates (subject to hydrolysis) is 1. The normalized spacial score (nSPS) is 13.8. The third-order valence-electron chi connectivity index (χ3n) is 8.41. The van der Waals surface area contributed by atoms with Gasteiger partial charge in [-0.15, -0.1) is 0 Å². The second kappa shape index (κ2) is 17.9. The Morgan fingerprint density at radius 3 is 2.14 bits per heavy atom. The van der Waals surface area contributed by atoms with Crippen LogP contribution in [0.5, 0.6) is 5.75 Å². The van der Waals surface area contributed by atoms with Crippen LogP contribution in [0.4, 0.5) is 4.79 Å². The molecule has 1 N–H and O–H groups in total. The first-order valence-electron chi connectivity index (χ1n) is 16.5. The lowest BCUT2D eigenvalue weighted by atomic mass is 9.93. The molecule has 1 unspecified atom stereocenters. The lowest BCUT2D eigenvalue weighted by Gasteiger charge is -2.42. The molecule has 0 radical (unpaired) electrons. The first-order valence-corrected chi connectivity index (χ1v) is 22.1. The van der Waals surface area contributed by atoms with Gasteiger partial charge in [0.15, 0.2) is 8.32 Å². The number of halogens is 1. The Labute approximate surface area is 308 Å². The number of carbonyl (C=O) groups excluding carboxylic acids is 1. The van der Waals surface area contributed by atoms with E-state index in [1.807, 2.05) is 72.8 Å². The van der Waals surface area contributed by atoms with Gasteiger partial charge in [-0.2, -0.15) is 0 Å². The van der Waals surface area contributed by atoms with E-state index in [0.29, 0.717) is 24.5 Å². The van der Waals surface area contributed by atoms with Crippen LogP contribution < -0.4 is 10.1 Å². The van der Waals surface area contributed by atoms with E-state index in [1.54, 1.807) is 32.5 Å². The Bertz CT molecular complexity index is 1590. The first kappa shape index (κ1) is 42.1. The number of phosphoric acid groups is 1. The first-order chi connectivity index (χ1) is 23.3. The van der Waals surface area contributed by atoms with Gasteiger partial charge < -0.3 is 19.2 Å². The maximum absolute atomic E-state index is 13.3. The number of aryl methyl sites for hydroxylation is 1. The number of ether oxygens (including phenoxy) is 2. The van der Waals surface area contributed by atoms with Crippen LogP contribution in [-0.2, 0) is 40.3 Å². The van der Waals surface area contributed by atoms with E-state index in [-0.39, 0.29) is 18.3 Å². The van der Waals surface area contributed by atoms with Gasteiger partial charge in [0.25, 0.3) is 0 Å². The summed E-state index contributed by atoms with van der Waals surface area (Å²) in [5.74, 6) is 0.782. The minimum absolute atomic E-state index is 0.0738. The molecular weight excluding hydrogens is 713 g/mol. The van der Waals surface area contributed by atoms with Gasteiger partial charge in [-0.3, -0.25) is 13.6 Å². The largest absolute Gasteiger partial charge is 0.489 e. The van der Waals surface area contributed by atoms with Crippen LogP contribution in [0.2, 0.25) is 23.2 Å². The number of amides is 1. The Balaban J connectivity index is 1.85. The SMILES string of the molecule is COP(=O)(OC)OCC(CCc1ccc(Sc2cccc(OCc3ccccc3)c2)cc1Cl)(CO[Si](C)(C)C(C)(C)C)NC(=O)OC(C)(C)C. The molecule has 3 aromatic carbocycles. The van der Waals surface area contributed by atoms with Crippen molar-refractivity contribution in [2.75, 3.05) is 27.4 Å². The number of nitrogens with one attached hydrogen (secondary N) is 1. The molecule has 0 spiro atoms. The third kappa shape index (κ3) is 13.3. The smallest absolute Gasteiger partial charge is 0.474 e. The van der Waals surface area contributed by atoms with Crippen LogP contribution in [0.3, 0.4) is 0 Å². The average molecular weight is 766 g/mol. The van der Waals surface area contributed by atoms with Crippen molar-refractivity contribution >= 4 is 45.6 Å². The summed E-state index contributed by atoms with van der Waals surface area (Å²) in [6, 6.07) is 23.9. The van der Waals surface area contributed by atoms with Gasteiger partial charge in [-0.1, -0.05) is 86.6 Å². The summed E-state index contributed by atoms with van der Waals surface area (Å²) in [6.45, 7) is 16.3. The van der Waals surface area contributed by atoms with Crippen molar-refractivity contribution in [2.24, 2.45) is 0 Å². The summed E-state index contributed by atoms with van der Waals surface area (Å²) in [5, 5.41) is 3.48. The number of carbonyl (C=O) groups is 1. The fraction of sp³-hybridized carbons (Fsp3) is 0.486. The van der Waals surface area contributed by atoms with Crippen molar-refractivity contribution in [1.82, 2.24) is 5.32 Å². The third-order valence-corrected chi connectivity index (χ3v) is 15.6. The average Bonchev–Trinajstić information content (AvgIpc) is 3.04. The predicted molar refractivity (Wildman–Crippen MR) is 204 cm³/mol. The molecule has 0 saturated carbocycles. The number of hydrogen-bond donors (Lipinski definition) is 1. The van der Waals surface area contributed by atoms with Gasteiger partial charge >= 0.3 is 13.9 Å². The molecule has 276 valence electrons. The minimum atomic E-state index is -3.90. The maximum atomic E-state index is 13.3. The molecule has 0 aromatic heterocycles. The van der Waals surface area contributed by atoms with Crippen LogP contribution >= 0.6 is 31.2 Å². The quantitative estimate of drug-likeness (QED) is 0.106. The number of phosphoric ester groups is 1. The summed E-state index contributed by atoms with van der Waals surface area (Å²) in [7, 11) is -3.73. The summed E-state index contributed by atoms with van der Waals surface area (Å²) in [4.78, 5) is 15.3. The second-order valence-electron chi connectivity index (χ2n) is 14.6. The van der Waals surface area contributed by atoms with Gasteiger partial charge in [-0.05, 0) is 93.2 Å². The second-order valence-corrected chi connectivity index (χ2v) is 22.9. The molecule has 1 atom stereocenters. The van der Waals surface area contributed by atoms with Crippen molar-refractivity contribution in [1.29, 1.82) is 0 Å². The lowest BCUT2D eigenvalue weighted by Crippen LogP contribution is -2.58. The molecular formula is C37H53ClNO8PSSi. The summed E-state index contributed by atoms with van der Waals surface area (Å²) in [5.41, 5.74) is 0.0278. The molecule has 0 aliphatic carbocycles. The molecule has 0 fully saturated rings. The topological polar surface area (TPSA) is 102 Å². The molecule has 0 aliphatic heterocycles.